The van der Waals surface area contributed by atoms with Gasteiger partial charge in [0.05, 0.1) is 11.9 Å². The van der Waals surface area contributed by atoms with Crippen molar-refractivity contribution in [2.45, 2.75) is 20.3 Å². The van der Waals surface area contributed by atoms with Crippen molar-refractivity contribution in [3.05, 3.63) is 42.0 Å². The Morgan fingerprint density at radius 1 is 1.32 bits per heavy atom. The lowest BCUT2D eigenvalue weighted by atomic mass is 10.1. The van der Waals surface area contributed by atoms with Crippen molar-refractivity contribution < 1.29 is 18.4 Å². The monoisotopic (exact) mass is 280 g/mol. The van der Waals surface area contributed by atoms with Crippen LogP contribution in [0.1, 0.15) is 18.2 Å². The molecule has 0 amide bonds. The van der Waals surface area contributed by atoms with Gasteiger partial charge in [0.2, 0.25) is 6.20 Å². The van der Waals surface area contributed by atoms with Gasteiger partial charge in [0.15, 0.2) is 5.69 Å². The van der Waals surface area contributed by atoms with Crippen LogP contribution in [0.5, 0.6) is 0 Å². The topological polar surface area (TPSA) is 84.0 Å². The van der Waals surface area contributed by atoms with Crippen molar-refractivity contribution in [2.75, 3.05) is 0 Å². The van der Waals surface area contributed by atoms with E-state index < -0.39 is 11.6 Å². The Bertz CT molecular complexity index is 581. The Labute approximate surface area is 114 Å². The third kappa shape index (κ3) is 3.92. The van der Waals surface area contributed by atoms with Crippen LogP contribution in [0.15, 0.2) is 30.7 Å². The van der Waals surface area contributed by atoms with E-state index in [1.807, 2.05) is 26.0 Å². The van der Waals surface area contributed by atoms with E-state index >= 15 is 0 Å². The van der Waals surface area contributed by atoms with Crippen molar-refractivity contribution in [3.63, 3.8) is 0 Å². The summed E-state index contributed by atoms with van der Waals surface area (Å²) in [6, 6.07) is 3.79. The van der Waals surface area contributed by atoms with E-state index in [1.54, 1.807) is 18.6 Å². The number of nitrogens with zero attached hydrogens (tertiary/aromatic N) is 3. The second kappa shape index (κ2) is 7.32. The molecule has 2 aromatic heterocycles. The summed E-state index contributed by atoms with van der Waals surface area (Å²) in [6.45, 7) is 3.93. The van der Waals surface area contributed by atoms with Crippen LogP contribution in [-0.4, -0.2) is 23.6 Å². The molecule has 1 N–H and O–H groups in total. The highest BCUT2D eigenvalue weighted by Crippen LogP contribution is 2.16. The molecule has 0 unspecified atom stereocenters. The summed E-state index contributed by atoms with van der Waals surface area (Å²) in [5.74, 6) is 0. The number of hydrogen-bond acceptors (Lipinski definition) is 5. The summed E-state index contributed by atoms with van der Waals surface area (Å²) < 4.78 is 17.7. The molecule has 100 valence electrons. The highest BCUT2D eigenvalue weighted by atomic mass is 32.1. The van der Waals surface area contributed by atoms with Gasteiger partial charge >= 0.3 is 11.6 Å². The Hall–Kier alpha value is -2.15. The van der Waals surface area contributed by atoms with Crippen LogP contribution in [0.3, 0.4) is 0 Å². The van der Waals surface area contributed by atoms with E-state index in [4.69, 9.17) is 8.42 Å². The fourth-order valence-corrected chi connectivity index (χ4v) is 1.62. The molecule has 2 aromatic rings. The molecule has 0 radical (unpaired) electrons. The molecule has 0 saturated carbocycles. The van der Waals surface area contributed by atoms with Crippen molar-refractivity contribution in [1.82, 2.24) is 9.97 Å². The summed E-state index contributed by atoms with van der Waals surface area (Å²) >= 11 is -0.750. The summed E-state index contributed by atoms with van der Waals surface area (Å²) in [4.78, 5) is 8.46. The van der Waals surface area contributed by atoms with Crippen LogP contribution in [0.2, 0.25) is 0 Å². The minimum absolute atomic E-state index is 0.686. The van der Waals surface area contributed by atoms with Gasteiger partial charge in [-0.05, 0) is 19.4 Å². The first-order valence-corrected chi connectivity index (χ1v) is 6.24. The van der Waals surface area contributed by atoms with E-state index in [2.05, 4.69) is 9.97 Å². The van der Waals surface area contributed by atoms with Gasteiger partial charge in [0, 0.05) is 22.6 Å². The lowest BCUT2D eigenvalue weighted by Gasteiger charge is -2.01. The van der Waals surface area contributed by atoms with Gasteiger partial charge in [-0.2, -0.15) is 8.42 Å². The Kier molecular flexibility index (Phi) is 5.74. The Balaban J connectivity index is 0.000000550. The summed E-state index contributed by atoms with van der Waals surface area (Å²) in [6.07, 6.45) is 5.81. The molecule has 0 aliphatic rings. The van der Waals surface area contributed by atoms with E-state index in [-0.39, 0.29) is 0 Å². The average molecular weight is 280 g/mol. The number of hydrogen-bond donors (Lipinski definition) is 1. The molecule has 0 aliphatic carbocycles. The molecular weight excluding hydrogens is 266 g/mol. The third-order valence-corrected chi connectivity index (χ3v) is 2.46. The summed E-state index contributed by atoms with van der Waals surface area (Å²) in [5, 5.41) is 9.79. The maximum atomic E-state index is 9.79. The molecule has 0 aliphatic heterocycles. The zero-order chi connectivity index (χ0) is 14.3. The zero-order valence-corrected chi connectivity index (χ0v) is 11.4. The lowest BCUT2D eigenvalue weighted by molar-refractivity contribution is -0.896. The largest absolute Gasteiger partial charge is 0.335 e. The molecule has 0 bridgehead atoms. The highest BCUT2D eigenvalue weighted by Gasteiger charge is 2.18. The molecule has 0 saturated heterocycles. The average Bonchev–Trinajstić information content (AvgIpc) is 2.40. The standard InChI is InChI=1S/C12H14N3O.O2S/c1-3-10-5-4-6-15(16)12(10)11-8-13-9(2)7-14-11;1-3-2/h4-8,16H,3H2,1-2H3;/q+1;. The summed E-state index contributed by atoms with van der Waals surface area (Å²) in [7, 11) is 0. The zero-order valence-electron chi connectivity index (χ0n) is 10.6. The van der Waals surface area contributed by atoms with Crippen LogP contribution < -0.4 is 4.73 Å². The normalized spacial score (nSPS) is 9.37. The molecule has 0 aromatic carbocycles. The SMILES string of the molecule is CCc1ccc[n+](O)c1-c1cnc(C)cn1.O=S=O. The molecule has 0 spiro atoms. The predicted molar refractivity (Wildman–Crippen MR) is 67.9 cm³/mol. The maximum Gasteiger partial charge on any atom is 0.335 e. The van der Waals surface area contributed by atoms with Crippen molar-refractivity contribution in [3.8, 4) is 11.4 Å². The Morgan fingerprint density at radius 2 is 2.00 bits per heavy atom. The van der Waals surface area contributed by atoms with Gasteiger partial charge in [-0.1, -0.05) is 6.92 Å². The van der Waals surface area contributed by atoms with Crippen LogP contribution in [0.4, 0.5) is 0 Å². The molecule has 7 heteroatoms. The predicted octanol–water partition coefficient (Wildman–Crippen LogP) is 0.869. The quantitative estimate of drug-likeness (QED) is 0.652. The van der Waals surface area contributed by atoms with E-state index in [0.29, 0.717) is 11.4 Å². The van der Waals surface area contributed by atoms with E-state index in [1.165, 1.54) is 0 Å². The number of pyridine rings is 1. The first-order valence-electron chi connectivity index (χ1n) is 5.57. The van der Waals surface area contributed by atoms with Crippen LogP contribution >= 0.6 is 0 Å². The van der Waals surface area contributed by atoms with Crippen LogP contribution in [0, 0.1) is 6.92 Å². The molecule has 2 rings (SSSR count). The maximum absolute atomic E-state index is 9.79. The van der Waals surface area contributed by atoms with Crippen molar-refractivity contribution in [1.29, 1.82) is 0 Å². The first kappa shape index (κ1) is 14.9. The van der Waals surface area contributed by atoms with Crippen molar-refractivity contribution in [2.24, 2.45) is 0 Å². The van der Waals surface area contributed by atoms with Gasteiger partial charge in [-0.15, -0.1) is 0 Å². The molecule has 6 nitrogen and oxygen atoms in total. The molecule has 2 heterocycles. The lowest BCUT2D eigenvalue weighted by Crippen LogP contribution is -2.33. The van der Waals surface area contributed by atoms with Gasteiger partial charge < -0.3 is 0 Å². The number of aromatic nitrogens is 3. The van der Waals surface area contributed by atoms with E-state index in [0.717, 1.165) is 22.4 Å². The van der Waals surface area contributed by atoms with Gasteiger partial charge in [-0.25, -0.2) is 4.98 Å². The number of rotatable bonds is 2. The van der Waals surface area contributed by atoms with Gasteiger partial charge in [0.1, 0.15) is 0 Å². The molecule has 0 atom stereocenters. The molecule has 19 heavy (non-hydrogen) atoms. The van der Waals surface area contributed by atoms with E-state index in [9.17, 15) is 5.21 Å². The smallest absolute Gasteiger partial charge is 0.284 e. The van der Waals surface area contributed by atoms with Gasteiger partial charge in [-0.3, -0.25) is 10.2 Å². The third-order valence-electron chi connectivity index (χ3n) is 2.46. The summed E-state index contributed by atoms with van der Waals surface area (Å²) in [5.41, 5.74) is 3.30. The van der Waals surface area contributed by atoms with Crippen molar-refractivity contribution >= 4 is 11.6 Å². The fraction of sp³-hybridized carbons (Fsp3) is 0.250. The molecular formula is C12H14N3O3S+. The second-order valence-electron chi connectivity index (χ2n) is 3.69. The second-order valence-corrected chi connectivity index (χ2v) is 3.83. The number of aryl methyl sites for hydroxylation is 2. The van der Waals surface area contributed by atoms with Crippen LogP contribution in [0.25, 0.3) is 11.4 Å². The minimum Gasteiger partial charge on any atom is -0.284 e. The molecule has 0 fully saturated rings. The fourth-order valence-electron chi connectivity index (χ4n) is 1.62. The van der Waals surface area contributed by atoms with Gasteiger partial charge in [0.25, 0.3) is 5.69 Å². The minimum atomic E-state index is -0.750. The highest BCUT2D eigenvalue weighted by molar-refractivity contribution is 7.51. The first-order chi connectivity index (χ1) is 9.13. The van der Waals surface area contributed by atoms with Crippen LogP contribution in [-0.2, 0) is 18.0 Å². The Morgan fingerprint density at radius 3 is 2.53 bits per heavy atom.